The maximum Gasteiger partial charge on any atom is 0.193 e. The molecule has 23 heavy (non-hydrogen) atoms. The number of nitrogens with one attached hydrogen (secondary N) is 1. The molecule has 0 amide bonds. The summed E-state index contributed by atoms with van der Waals surface area (Å²) in [6, 6.07) is 0. The van der Waals surface area contributed by atoms with Crippen molar-refractivity contribution in [3.05, 3.63) is 0 Å². The van der Waals surface area contributed by atoms with E-state index in [2.05, 4.69) is 40.8 Å². The summed E-state index contributed by atoms with van der Waals surface area (Å²) in [7, 11) is 1.88. The van der Waals surface area contributed by atoms with E-state index < -0.39 is 0 Å². The first-order valence-electron chi connectivity index (χ1n) is 8.93. The first-order valence-corrected chi connectivity index (χ1v) is 9.98. The van der Waals surface area contributed by atoms with E-state index in [0.29, 0.717) is 17.1 Å². The molecule has 0 aliphatic carbocycles. The minimum absolute atomic E-state index is 0.606. The number of hydrogen-bond acceptors (Lipinski definition) is 4. The minimum Gasteiger partial charge on any atom is -0.381 e. The Morgan fingerprint density at radius 3 is 3.04 bits per heavy atom. The molecule has 0 aromatic carbocycles. The van der Waals surface area contributed by atoms with Crippen molar-refractivity contribution in [1.82, 2.24) is 10.2 Å². The Kier molecular flexibility index (Phi) is 8.55. The Morgan fingerprint density at radius 1 is 1.48 bits per heavy atom. The van der Waals surface area contributed by atoms with Gasteiger partial charge in [0, 0.05) is 56.8 Å². The van der Waals surface area contributed by atoms with Crippen molar-refractivity contribution < 1.29 is 9.47 Å². The van der Waals surface area contributed by atoms with Crippen LogP contribution in [0.2, 0.25) is 0 Å². The topological polar surface area (TPSA) is 46.1 Å². The Morgan fingerprint density at radius 2 is 2.35 bits per heavy atom. The van der Waals surface area contributed by atoms with Gasteiger partial charge in [-0.25, -0.2) is 0 Å². The van der Waals surface area contributed by atoms with Crippen molar-refractivity contribution in [1.29, 1.82) is 0 Å². The van der Waals surface area contributed by atoms with Crippen LogP contribution in [0.3, 0.4) is 0 Å². The van der Waals surface area contributed by atoms with Crippen molar-refractivity contribution in [2.45, 2.75) is 31.9 Å². The third kappa shape index (κ3) is 6.51. The van der Waals surface area contributed by atoms with Gasteiger partial charge in [0.2, 0.25) is 0 Å². The first-order chi connectivity index (χ1) is 11.2. The fraction of sp³-hybridized carbons (Fsp3) is 0.941. The summed E-state index contributed by atoms with van der Waals surface area (Å²) in [6.45, 7) is 11.1. The molecular formula is C17H33N3O2S. The number of nitrogens with zero attached hydrogens (tertiary/aromatic N) is 2. The predicted octanol–water partition coefficient (Wildman–Crippen LogP) is 2.08. The lowest BCUT2D eigenvalue weighted by atomic mass is 10.1. The third-order valence-corrected chi connectivity index (χ3v) is 6.01. The normalized spacial score (nSPS) is 26.1. The molecule has 0 radical (unpaired) electrons. The zero-order valence-corrected chi connectivity index (χ0v) is 15.7. The van der Waals surface area contributed by atoms with E-state index in [9.17, 15) is 0 Å². The molecule has 0 aromatic rings. The van der Waals surface area contributed by atoms with Crippen LogP contribution in [-0.4, -0.2) is 75.0 Å². The maximum atomic E-state index is 5.75. The second-order valence-electron chi connectivity index (χ2n) is 6.73. The number of aliphatic imine (C=N–C) groups is 1. The van der Waals surface area contributed by atoms with Crippen LogP contribution >= 0.6 is 11.8 Å². The average Bonchev–Trinajstić information content (AvgIpc) is 3.07. The molecule has 0 saturated carbocycles. The Hall–Kier alpha value is -0.460. The summed E-state index contributed by atoms with van der Waals surface area (Å²) in [5.41, 5.74) is 0. The smallest absolute Gasteiger partial charge is 0.193 e. The van der Waals surface area contributed by atoms with Gasteiger partial charge in [0.05, 0.1) is 13.2 Å². The van der Waals surface area contributed by atoms with Gasteiger partial charge in [-0.1, -0.05) is 13.8 Å². The maximum absolute atomic E-state index is 5.75. The molecule has 6 heteroatoms. The molecule has 2 heterocycles. The number of guanidine groups is 1. The van der Waals surface area contributed by atoms with Crippen molar-refractivity contribution in [2.24, 2.45) is 16.8 Å². The molecule has 2 fully saturated rings. The van der Waals surface area contributed by atoms with E-state index in [-0.39, 0.29) is 0 Å². The molecule has 2 rings (SSSR count). The van der Waals surface area contributed by atoms with Gasteiger partial charge in [-0.2, -0.15) is 11.8 Å². The molecule has 2 atom stereocenters. The first kappa shape index (κ1) is 18.9. The molecule has 2 aliphatic heterocycles. The highest BCUT2D eigenvalue weighted by Crippen LogP contribution is 2.24. The molecule has 2 unspecified atom stereocenters. The van der Waals surface area contributed by atoms with Crippen molar-refractivity contribution >= 4 is 17.7 Å². The summed E-state index contributed by atoms with van der Waals surface area (Å²) >= 11 is 2.10. The minimum atomic E-state index is 0.606. The highest BCUT2D eigenvalue weighted by atomic mass is 32.2. The number of hydrogen-bond donors (Lipinski definition) is 1. The quantitative estimate of drug-likeness (QED) is 0.436. The predicted molar refractivity (Wildman–Crippen MR) is 98.4 cm³/mol. The standard InChI is InChI=1S/C17H33N3O2S/c1-14(2)16-11-20(7-10-23-16)17(18-3)19-6-4-8-21-12-15-5-9-22-13-15/h14-16H,4-13H2,1-3H3,(H,18,19). The second-order valence-corrected chi connectivity index (χ2v) is 8.08. The molecule has 0 spiro atoms. The fourth-order valence-electron chi connectivity index (χ4n) is 2.94. The van der Waals surface area contributed by atoms with Crippen LogP contribution in [0.15, 0.2) is 4.99 Å². The van der Waals surface area contributed by atoms with Gasteiger partial charge in [0.15, 0.2) is 5.96 Å². The van der Waals surface area contributed by atoms with Gasteiger partial charge >= 0.3 is 0 Å². The summed E-state index contributed by atoms with van der Waals surface area (Å²) in [4.78, 5) is 6.85. The Balaban J connectivity index is 1.59. The summed E-state index contributed by atoms with van der Waals surface area (Å²) in [6.07, 6.45) is 2.16. The number of thioether (sulfide) groups is 1. The molecule has 5 nitrogen and oxygen atoms in total. The lowest BCUT2D eigenvalue weighted by molar-refractivity contribution is 0.0887. The number of rotatable bonds is 7. The zero-order valence-electron chi connectivity index (χ0n) is 14.9. The lowest BCUT2D eigenvalue weighted by Crippen LogP contribution is -2.49. The van der Waals surface area contributed by atoms with Crippen LogP contribution < -0.4 is 5.32 Å². The summed E-state index contributed by atoms with van der Waals surface area (Å²) in [5, 5.41) is 4.20. The van der Waals surface area contributed by atoms with E-state index >= 15 is 0 Å². The SMILES string of the molecule is CN=C(NCCCOCC1CCOC1)N1CCSC(C(C)C)C1. The lowest BCUT2D eigenvalue weighted by Gasteiger charge is -2.36. The molecular weight excluding hydrogens is 310 g/mol. The molecule has 0 aromatic heterocycles. The van der Waals surface area contributed by atoms with Gasteiger partial charge in [-0.05, 0) is 18.8 Å². The highest BCUT2D eigenvalue weighted by Gasteiger charge is 2.24. The van der Waals surface area contributed by atoms with Crippen LogP contribution in [-0.2, 0) is 9.47 Å². The van der Waals surface area contributed by atoms with E-state index in [1.165, 1.54) is 5.75 Å². The van der Waals surface area contributed by atoms with E-state index in [1.54, 1.807) is 0 Å². The van der Waals surface area contributed by atoms with Crippen LogP contribution in [0.5, 0.6) is 0 Å². The van der Waals surface area contributed by atoms with E-state index in [0.717, 1.165) is 64.9 Å². The van der Waals surface area contributed by atoms with Crippen molar-refractivity contribution in [2.75, 3.05) is 58.9 Å². The van der Waals surface area contributed by atoms with Gasteiger partial charge in [-0.3, -0.25) is 4.99 Å². The van der Waals surface area contributed by atoms with Gasteiger partial charge in [-0.15, -0.1) is 0 Å². The van der Waals surface area contributed by atoms with Crippen LogP contribution in [0, 0.1) is 11.8 Å². The molecule has 134 valence electrons. The van der Waals surface area contributed by atoms with Crippen LogP contribution in [0.1, 0.15) is 26.7 Å². The molecule has 2 saturated heterocycles. The molecule has 1 N–H and O–H groups in total. The van der Waals surface area contributed by atoms with Crippen LogP contribution in [0.25, 0.3) is 0 Å². The Bertz CT molecular complexity index is 360. The third-order valence-electron chi connectivity index (χ3n) is 4.47. The highest BCUT2D eigenvalue weighted by molar-refractivity contribution is 8.00. The van der Waals surface area contributed by atoms with E-state index in [1.807, 2.05) is 7.05 Å². The van der Waals surface area contributed by atoms with Gasteiger partial charge in [0.25, 0.3) is 0 Å². The van der Waals surface area contributed by atoms with Crippen molar-refractivity contribution in [3.63, 3.8) is 0 Å². The van der Waals surface area contributed by atoms with Gasteiger partial charge < -0.3 is 19.7 Å². The fourth-order valence-corrected chi connectivity index (χ4v) is 4.24. The Labute approximate surface area is 145 Å². The largest absolute Gasteiger partial charge is 0.381 e. The monoisotopic (exact) mass is 343 g/mol. The second kappa shape index (κ2) is 10.4. The summed E-state index contributed by atoms with van der Waals surface area (Å²) < 4.78 is 11.1. The zero-order chi connectivity index (χ0) is 16.5. The van der Waals surface area contributed by atoms with E-state index in [4.69, 9.17) is 9.47 Å². The molecule has 2 aliphatic rings. The number of ether oxygens (including phenoxy) is 2. The van der Waals surface area contributed by atoms with Gasteiger partial charge in [0.1, 0.15) is 0 Å². The average molecular weight is 344 g/mol. The molecule has 0 bridgehead atoms. The van der Waals surface area contributed by atoms with Crippen molar-refractivity contribution in [3.8, 4) is 0 Å². The summed E-state index contributed by atoms with van der Waals surface area (Å²) in [5.74, 6) is 3.55. The van der Waals surface area contributed by atoms with Crippen LogP contribution in [0.4, 0.5) is 0 Å².